The van der Waals surface area contributed by atoms with Crippen molar-refractivity contribution in [3.8, 4) is 5.75 Å². The van der Waals surface area contributed by atoms with Crippen molar-refractivity contribution in [2.75, 3.05) is 25.1 Å². The molecule has 0 radical (unpaired) electrons. The number of methoxy groups -OCH3 is 1. The predicted octanol–water partition coefficient (Wildman–Crippen LogP) is 1.69. The Hall–Kier alpha value is -2.94. The largest absolute Gasteiger partial charge is 0.497 e. The van der Waals surface area contributed by atoms with Crippen LogP contribution >= 0.6 is 11.3 Å². The lowest BCUT2D eigenvalue weighted by Crippen LogP contribution is -2.27. The first-order valence-corrected chi connectivity index (χ1v) is 9.53. The fraction of sp³-hybridized carbons (Fsp3) is 0.333. The minimum atomic E-state index is -0.446. The second-order valence-corrected chi connectivity index (χ2v) is 7.22. The molecule has 3 heterocycles. The third-order valence-corrected chi connectivity index (χ3v) is 5.41. The molecule has 3 aromatic rings. The Morgan fingerprint density at radius 3 is 2.89 bits per heavy atom. The Morgan fingerprint density at radius 1 is 1.30 bits per heavy atom. The van der Waals surface area contributed by atoms with Crippen LogP contribution < -0.4 is 20.5 Å². The predicted molar refractivity (Wildman–Crippen MR) is 103 cm³/mol. The van der Waals surface area contributed by atoms with E-state index in [1.165, 1.54) is 21.9 Å². The van der Waals surface area contributed by atoms with Crippen LogP contribution in [0.4, 0.5) is 5.13 Å². The van der Waals surface area contributed by atoms with Crippen molar-refractivity contribution in [1.29, 1.82) is 0 Å². The zero-order valence-corrected chi connectivity index (χ0v) is 15.7. The minimum absolute atomic E-state index is 0.189. The number of carbonyl (C=O) groups excluding carboxylic acids is 1. The van der Waals surface area contributed by atoms with E-state index in [4.69, 9.17) is 4.74 Å². The van der Waals surface area contributed by atoms with Crippen LogP contribution in [0.5, 0.6) is 5.75 Å². The molecule has 2 aromatic heterocycles. The lowest BCUT2D eigenvalue weighted by molar-refractivity contribution is 0.0943. The van der Waals surface area contributed by atoms with Gasteiger partial charge in [-0.25, -0.2) is 0 Å². The van der Waals surface area contributed by atoms with Crippen LogP contribution in [0.3, 0.4) is 0 Å². The molecule has 27 heavy (non-hydrogen) atoms. The van der Waals surface area contributed by atoms with Gasteiger partial charge in [0.25, 0.3) is 11.5 Å². The summed E-state index contributed by atoms with van der Waals surface area (Å²) in [7, 11) is 1.60. The first-order valence-electron chi connectivity index (χ1n) is 8.71. The van der Waals surface area contributed by atoms with Gasteiger partial charge in [0.2, 0.25) is 10.1 Å². The highest BCUT2D eigenvalue weighted by Crippen LogP contribution is 2.25. The fourth-order valence-electron chi connectivity index (χ4n) is 3.06. The molecule has 0 spiro atoms. The Kier molecular flexibility index (Phi) is 4.76. The molecular weight excluding hydrogens is 366 g/mol. The van der Waals surface area contributed by atoms with Crippen molar-refractivity contribution in [3.05, 3.63) is 51.9 Å². The molecule has 1 amide bonds. The number of ether oxygens (including phenoxy) is 1. The van der Waals surface area contributed by atoms with Crippen molar-refractivity contribution in [2.24, 2.45) is 0 Å². The Balaban J connectivity index is 1.59. The number of rotatable bonds is 5. The summed E-state index contributed by atoms with van der Waals surface area (Å²) in [5, 5.41) is 8.14. The molecular formula is C18H19N5O3S. The highest BCUT2D eigenvalue weighted by molar-refractivity contribution is 7.20. The van der Waals surface area contributed by atoms with Gasteiger partial charge in [0.1, 0.15) is 11.4 Å². The van der Waals surface area contributed by atoms with E-state index in [9.17, 15) is 9.59 Å². The number of nitrogens with one attached hydrogen (secondary N) is 1. The minimum Gasteiger partial charge on any atom is -0.497 e. The van der Waals surface area contributed by atoms with Gasteiger partial charge in [-0.3, -0.25) is 9.59 Å². The van der Waals surface area contributed by atoms with Crippen molar-refractivity contribution in [3.63, 3.8) is 0 Å². The van der Waals surface area contributed by atoms with Crippen LogP contribution in [0, 0.1) is 0 Å². The number of hydrogen-bond donors (Lipinski definition) is 1. The van der Waals surface area contributed by atoms with Crippen LogP contribution in [0.2, 0.25) is 0 Å². The monoisotopic (exact) mass is 385 g/mol. The van der Waals surface area contributed by atoms with Crippen LogP contribution in [0.1, 0.15) is 28.9 Å². The zero-order valence-electron chi connectivity index (χ0n) is 14.8. The van der Waals surface area contributed by atoms with Crippen LogP contribution in [0.25, 0.3) is 4.96 Å². The lowest BCUT2D eigenvalue weighted by atomic mass is 10.2. The molecule has 0 atom stereocenters. The smallest absolute Gasteiger partial charge is 0.274 e. The van der Waals surface area contributed by atoms with Gasteiger partial charge in [0, 0.05) is 25.7 Å². The van der Waals surface area contributed by atoms with Gasteiger partial charge < -0.3 is 15.0 Å². The Labute approximate surface area is 159 Å². The highest BCUT2D eigenvalue weighted by Gasteiger charge is 2.20. The Morgan fingerprint density at radius 2 is 2.11 bits per heavy atom. The average Bonchev–Trinajstić information content (AvgIpc) is 3.35. The zero-order chi connectivity index (χ0) is 18.8. The lowest BCUT2D eigenvalue weighted by Gasteiger charge is -2.11. The fourth-order valence-corrected chi connectivity index (χ4v) is 4.02. The summed E-state index contributed by atoms with van der Waals surface area (Å²) in [6.07, 6.45) is 2.24. The van der Waals surface area contributed by atoms with Crippen LogP contribution in [-0.2, 0) is 6.54 Å². The van der Waals surface area contributed by atoms with E-state index < -0.39 is 5.56 Å². The summed E-state index contributed by atoms with van der Waals surface area (Å²) < 4.78 is 6.65. The van der Waals surface area contributed by atoms with E-state index in [0.29, 0.717) is 11.5 Å². The van der Waals surface area contributed by atoms with E-state index in [-0.39, 0.29) is 11.6 Å². The molecule has 0 saturated carbocycles. The molecule has 8 nitrogen and oxygen atoms in total. The molecule has 1 N–H and O–H groups in total. The first kappa shape index (κ1) is 17.5. The number of nitrogens with zero attached hydrogens (tertiary/aromatic N) is 4. The molecule has 9 heteroatoms. The SMILES string of the molecule is COc1cccc(CNC(=O)c2cc(=O)nc3sc(N4CCCC4)nn23)c1. The number of fused-ring (bicyclic) bond motifs is 1. The second kappa shape index (κ2) is 7.36. The molecule has 1 aliphatic heterocycles. The van der Waals surface area contributed by atoms with Crippen molar-refractivity contribution in [1.82, 2.24) is 19.9 Å². The first-order chi connectivity index (χ1) is 13.1. The highest BCUT2D eigenvalue weighted by atomic mass is 32.1. The summed E-state index contributed by atoms with van der Waals surface area (Å²) in [6.45, 7) is 2.18. The maximum atomic E-state index is 12.7. The van der Waals surface area contributed by atoms with Crippen molar-refractivity contribution >= 4 is 27.3 Å². The van der Waals surface area contributed by atoms with Gasteiger partial charge in [-0.05, 0) is 30.5 Å². The van der Waals surface area contributed by atoms with Gasteiger partial charge in [-0.2, -0.15) is 9.50 Å². The molecule has 1 fully saturated rings. The van der Waals surface area contributed by atoms with E-state index >= 15 is 0 Å². The molecule has 0 unspecified atom stereocenters. The Bertz CT molecular complexity index is 1040. The molecule has 1 aliphatic rings. The van der Waals surface area contributed by atoms with Crippen LogP contribution in [0.15, 0.2) is 35.1 Å². The number of carbonyl (C=O) groups is 1. The van der Waals surface area contributed by atoms with Crippen molar-refractivity contribution in [2.45, 2.75) is 19.4 Å². The van der Waals surface area contributed by atoms with Crippen molar-refractivity contribution < 1.29 is 9.53 Å². The van der Waals surface area contributed by atoms with E-state index in [2.05, 4.69) is 20.3 Å². The van der Waals surface area contributed by atoms with E-state index in [1.54, 1.807) is 7.11 Å². The summed E-state index contributed by atoms with van der Waals surface area (Å²) in [5.41, 5.74) is 0.643. The van der Waals surface area contributed by atoms with Gasteiger partial charge in [-0.1, -0.05) is 23.5 Å². The maximum Gasteiger partial charge on any atom is 0.274 e. The molecule has 0 bridgehead atoms. The van der Waals surface area contributed by atoms with Crippen LogP contribution in [-0.4, -0.2) is 40.7 Å². The quantitative estimate of drug-likeness (QED) is 0.719. The van der Waals surface area contributed by atoms with E-state index in [0.717, 1.165) is 42.4 Å². The molecule has 0 aliphatic carbocycles. The summed E-state index contributed by atoms with van der Waals surface area (Å²) >= 11 is 1.33. The van der Waals surface area contributed by atoms with Gasteiger partial charge in [0.15, 0.2) is 0 Å². The summed E-state index contributed by atoms with van der Waals surface area (Å²) in [6, 6.07) is 8.67. The molecule has 4 rings (SSSR count). The number of hydrogen-bond acceptors (Lipinski definition) is 7. The number of benzene rings is 1. The number of amides is 1. The average molecular weight is 385 g/mol. The van der Waals surface area contributed by atoms with Gasteiger partial charge >= 0.3 is 0 Å². The number of anilines is 1. The molecule has 140 valence electrons. The summed E-state index contributed by atoms with van der Waals surface area (Å²) in [4.78, 5) is 31.2. The standard InChI is InChI=1S/C18H19N5O3S/c1-26-13-6-4-5-12(9-13)11-19-16(25)14-10-15(24)20-17-23(14)21-18(27-17)22-7-2-3-8-22/h4-6,9-10H,2-3,7-8,11H2,1H3,(H,19,25). The van der Waals surface area contributed by atoms with Gasteiger partial charge in [0.05, 0.1) is 7.11 Å². The second-order valence-electron chi connectivity index (χ2n) is 6.29. The topological polar surface area (TPSA) is 88.8 Å². The number of aromatic nitrogens is 3. The summed E-state index contributed by atoms with van der Waals surface area (Å²) in [5.74, 6) is 0.351. The third-order valence-electron chi connectivity index (χ3n) is 4.44. The van der Waals surface area contributed by atoms with Gasteiger partial charge in [-0.15, -0.1) is 5.10 Å². The third kappa shape index (κ3) is 3.63. The molecule has 1 saturated heterocycles. The maximum absolute atomic E-state index is 12.7. The van der Waals surface area contributed by atoms with E-state index in [1.807, 2.05) is 24.3 Å². The normalized spacial score (nSPS) is 13.9. The molecule has 1 aromatic carbocycles.